The Bertz CT molecular complexity index is 154. The second kappa shape index (κ2) is 4.91. The van der Waals surface area contributed by atoms with E-state index in [1.807, 2.05) is 0 Å². The van der Waals surface area contributed by atoms with Gasteiger partial charge in [0.05, 0.1) is 6.10 Å². The number of likely N-dealkylation sites (tertiary alicyclic amines) is 1. The average molecular weight is 189 g/mol. The summed E-state index contributed by atoms with van der Waals surface area (Å²) in [4.78, 5) is 2.19. The summed E-state index contributed by atoms with van der Waals surface area (Å²) in [5, 5.41) is 9.20. The van der Waals surface area contributed by atoms with Crippen LogP contribution in [0.4, 0.5) is 4.39 Å². The molecule has 0 aliphatic carbocycles. The molecule has 1 fully saturated rings. The van der Waals surface area contributed by atoms with Gasteiger partial charge in [-0.3, -0.25) is 4.90 Å². The fourth-order valence-electron chi connectivity index (χ4n) is 1.95. The zero-order valence-electron chi connectivity index (χ0n) is 8.54. The lowest BCUT2D eigenvalue weighted by atomic mass is 9.95. The summed E-state index contributed by atoms with van der Waals surface area (Å²) in [5.41, 5.74) is 0. The Hall–Kier alpha value is -0.150. The molecule has 0 amide bonds. The van der Waals surface area contributed by atoms with Gasteiger partial charge in [0, 0.05) is 19.1 Å². The minimum atomic E-state index is -0.798. The molecule has 0 radical (unpaired) electrons. The van der Waals surface area contributed by atoms with E-state index in [9.17, 15) is 9.50 Å². The SMILES string of the molecule is CC1CCC(C)N(CC(O)CF)C1. The molecule has 3 heteroatoms. The number of rotatable bonds is 3. The van der Waals surface area contributed by atoms with Crippen molar-refractivity contribution in [3.8, 4) is 0 Å². The minimum Gasteiger partial charge on any atom is -0.389 e. The van der Waals surface area contributed by atoms with Crippen LogP contribution in [0.25, 0.3) is 0 Å². The molecule has 1 saturated heterocycles. The highest BCUT2D eigenvalue weighted by atomic mass is 19.1. The summed E-state index contributed by atoms with van der Waals surface area (Å²) in [7, 11) is 0. The van der Waals surface area contributed by atoms with Crippen LogP contribution in [0, 0.1) is 5.92 Å². The van der Waals surface area contributed by atoms with Gasteiger partial charge in [0.25, 0.3) is 0 Å². The standard InChI is InChI=1S/C10H20FNO/c1-8-3-4-9(2)12(6-8)7-10(13)5-11/h8-10,13H,3-7H2,1-2H3. The van der Waals surface area contributed by atoms with E-state index in [2.05, 4.69) is 18.7 Å². The molecule has 0 aromatic carbocycles. The first-order valence-corrected chi connectivity index (χ1v) is 5.11. The van der Waals surface area contributed by atoms with Crippen molar-refractivity contribution in [2.45, 2.75) is 38.8 Å². The highest BCUT2D eigenvalue weighted by Crippen LogP contribution is 2.21. The second-order valence-electron chi connectivity index (χ2n) is 4.29. The van der Waals surface area contributed by atoms with Crippen LogP contribution >= 0.6 is 0 Å². The lowest BCUT2D eigenvalue weighted by Crippen LogP contribution is -2.45. The van der Waals surface area contributed by atoms with Gasteiger partial charge in [-0.05, 0) is 25.7 Å². The molecule has 1 aliphatic heterocycles. The molecular formula is C10H20FNO. The van der Waals surface area contributed by atoms with Crippen LogP contribution in [0.1, 0.15) is 26.7 Å². The number of hydrogen-bond acceptors (Lipinski definition) is 2. The fraction of sp³-hybridized carbons (Fsp3) is 1.00. The van der Waals surface area contributed by atoms with E-state index in [-0.39, 0.29) is 0 Å². The molecule has 2 nitrogen and oxygen atoms in total. The van der Waals surface area contributed by atoms with Crippen molar-refractivity contribution in [2.24, 2.45) is 5.92 Å². The molecule has 0 saturated carbocycles. The third-order valence-electron chi connectivity index (χ3n) is 2.87. The minimum absolute atomic E-state index is 0.488. The molecule has 1 N–H and O–H groups in total. The van der Waals surface area contributed by atoms with Gasteiger partial charge in [0.15, 0.2) is 0 Å². The molecule has 13 heavy (non-hydrogen) atoms. The molecule has 0 bridgehead atoms. The van der Waals surface area contributed by atoms with Crippen LogP contribution in [0.15, 0.2) is 0 Å². The Kier molecular flexibility index (Phi) is 4.13. The van der Waals surface area contributed by atoms with E-state index in [1.54, 1.807) is 0 Å². The van der Waals surface area contributed by atoms with Crippen molar-refractivity contribution in [2.75, 3.05) is 19.8 Å². The molecule has 78 valence electrons. The van der Waals surface area contributed by atoms with Crippen LogP contribution in [0.2, 0.25) is 0 Å². The number of β-amino-alcohol motifs (C(OH)–C–C–N with tert-alkyl or cyclic N) is 1. The molecular weight excluding hydrogens is 169 g/mol. The van der Waals surface area contributed by atoms with Gasteiger partial charge >= 0.3 is 0 Å². The number of aliphatic hydroxyl groups is 1. The van der Waals surface area contributed by atoms with Gasteiger partial charge in [0.1, 0.15) is 6.67 Å². The number of aliphatic hydroxyl groups excluding tert-OH is 1. The summed E-state index contributed by atoms with van der Waals surface area (Å²) >= 11 is 0. The first-order chi connectivity index (χ1) is 6.13. The number of halogens is 1. The predicted molar refractivity (Wildman–Crippen MR) is 51.4 cm³/mol. The fourth-order valence-corrected chi connectivity index (χ4v) is 1.95. The maximum absolute atomic E-state index is 12.1. The van der Waals surface area contributed by atoms with Gasteiger partial charge in [-0.2, -0.15) is 0 Å². The Balaban J connectivity index is 2.37. The third-order valence-corrected chi connectivity index (χ3v) is 2.87. The topological polar surface area (TPSA) is 23.5 Å². The second-order valence-corrected chi connectivity index (χ2v) is 4.29. The molecule has 0 spiro atoms. The van der Waals surface area contributed by atoms with Gasteiger partial charge < -0.3 is 5.11 Å². The maximum atomic E-state index is 12.1. The van der Waals surface area contributed by atoms with E-state index in [1.165, 1.54) is 12.8 Å². The number of nitrogens with zero attached hydrogens (tertiary/aromatic N) is 1. The van der Waals surface area contributed by atoms with Gasteiger partial charge in [0.2, 0.25) is 0 Å². The monoisotopic (exact) mass is 189 g/mol. The zero-order valence-corrected chi connectivity index (χ0v) is 8.54. The van der Waals surface area contributed by atoms with Crippen molar-refractivity contribution >= 4 is 0 Å². The van der Waals surface area contributed by atoms with Gasteiger partial charge in [-0.1, -0.05) is 6.92 Å². The summed E-state index contributed by atoms with van der Waals surface area (Å²) in [6.07, 6.45) is 1.62. The van der Waals surface area contributed by atoms with Crippen LogP contribution < -0.4 is 0 Å². The largest absolute Gasteiger partial charge is 0.389 e. The molecule has 3 atom stereocenters. The van der Waals surface area contributed by atoms with Crippen molar-refractivity contribution in [1.82, 2.24) is 4.90 Å². The Morgan fingerprint density at radius 2 is 2.15 bits per heavy atom. The number of piperidine rings is 1. The third kappa shape index (κ3) is 3.24. The van der Waals surface area contributed by atoms with Crippen molar-refractivity contribution in [1.29, 1.82) is 0 Å². The van der Waals surface area contributed by atoms with Crippen molar-refractivity contribution in [3.63, 3.8) is 0 Å². The molecule has 3 unspecified atom stereocenters. The maximum Gasteiger partial charge on any atom is 0.117 e. The van der Waals surface area contributed by atoms with E-state index < -0.39 is 12.8 Å². The summed E-state index contributed by atoms with van der Waals surface area (Å²) in [5.74, 6) is 0.683. The van der Waals surface area contributed by atoms with Crippen LogP contribution in [-0.4, -0.2) is 41.9 Å². The van der Waals surface area contributed by atoms with Crippen LogP contribution in [-0.2, 0) is 0 Å². The molecule has 1 rings (SSSR count). The first kappa shape index (κ1) is 10.9. The Morgan fingerprint density at radius 1 is 1.46 bits per heavy atom. The Morgan fingerprint density at radius 3 is 2.77 bits per heavy atom. The van der Waals surface area contributed by atoms with Crippen molar-refractivity contribution < 1.29 is 9.50 Å². The quantitative estimate of drug-likeness (QED) is 0.726. The van der Waals surface area contributed by atoms with Crippen molar-refractivity contribution in [3.05, 3.63) is 0 Å². The van der Waals surface area contributed by atoms with Crippen LogP contribution in [0.3, 0.4) is 0 Å². The zero-order chi connectivity index (χ0) is 9.84. The van der Waals surface area contributed by atoms with E-state index in [0.717, 1.165) is 6.54 Å². The number of alkyl halides is 1. The number of hydrogen-bond donors (Lipinski definition) is 1. The van der Waals surface area contributed by atoms with E-state index >= 15 is 0 Å². The molecule has 1 aliphatic rings. The average Bonchev–Trinajstić information content (AvgIpc) is 2.11. The molecule has 1 heterocycles. The summed E-state index contributed by atoms with van der Waals surface area (Å²) in [6, 6.07) is 0.498. The van der Waals surface area contributed by atoms with Gasteiger partial charge in [-0.25, -0.2) is 4.39 Å². The van der Waals surface area contributed by atoms with E-state index in [0.29, 0.717) is 18.5 Å². The lowest BCUT2D eigenvalue weighted by Gasteiger charge is -2.37. The molecule has 0 aromatic heterocycles. The predicted octanol–water partition coefficient (Wildman–Crippen LogP) is 1.44. The highest BCUT2D eigenvalue weighted by Gasteiger charge is 2.24. The normalized spacial score (nSPS) is 33.2. The first-order valence-electron chi connectivity index (χ1n) is 5.11. The highest BCUT2D eigenvalue weighted by molar-refractivity contribution is 4.78. The van der Waals surface area contributed by atoms with E-state index in [4.69, 9.17) is 0 Å². The molecule has 0 aromatic rings. The smallest absolute Gasteiger partial charge is 0.117 e. The summed E-state index contributed by atoms with van der Waals surface area (Å²) < 4.78 is 12.1. The summed E-state index contributed by atoms with van der Waals surface area (Å²) in [6.45, 7) is 5.22. The van der Waals surface area contributed by atoms with Gasteiger partial charge in [-0.15, -0.1) is 0 Å². The Labute approximate surface area is 79.7 Å². The van der Waals surface area contributed by atoms with Crippen LogP contribution in [0.5, 0.6) is 0 Å². The lowest BCUT2D eigenvalue weighted by molar-refractivity contribution is 0.0452.